The molecule has 1 aromatic heterocycles. The highest BCUT2D eigenvalue weighted by atomic mass is 19.4. The number of hydrogen-bond donors (Lipinski definition) is 2. The maximum Gasteiger partial charge on any atom is 0.416 e. The number of nitrogens with one attached hydrogen (secondary N) is 2. The topological polar surface area (TPSA) is 102 Å². The van der Waals surface area contributed by atoms with Gasteiger partial charge in [-0.2, -0.15) is 13.2 Å². The van der Waals surface area contributed by atoms with Crippen molar-refractivity contribution >= 4 is 28.4 Å². The van der Waals surface area contributed by atoms with Crippen molar-refractivity contribution in [1.82, 2.24) is 14.5 Å². The normalized spacial score (nSPS) is 11.4. The highest BCUT2D eigenvalue weighted by Crippen LogP contribution is 2.30. The van der Waals surface area contributed by atoms with Gasteiger partial charge < -0.3 is 10.6 Å². The van der Waals surface area contributed by atoms with Gasteiger partial charge in [-0.1, -0.05) is 48.0 Å². The van der Waals surface area contributed by atoms with Gasteiger partial charge in [0.25, 0.3) is 5.56 Å². The molecule has 0 aliphatic rings. The first-order valence-corrected chi connectivity index (χ1v) is 12.5. The Bertz CT molecular complexity index is 1660. The summed E-state index contributed by atoms with van der Waals surface area (Å²) < 4.78 is 41.2. The van der Waals surface area contributed by atoms with Gasteiger partial charge in [-0.15, -0.1) is 0 Å². The van der Waals surface area contributed by atoms with E-state index in [2.05, 4.69) is 10.6 Å². The van der Waals surface area contributed by atoms with Crippen LogP contribution in [0.5, 0.6) is 0 Å². The van der Waals surface area contributed by atoms with Gasteiger partial charge in [0.1, 0.15) is 6.54 Å². The Labute approximate surface area is 227 Å². The fourth-order valence-electron chi connectivity index (χ4n) is 4.23. The van der Waals surface area contributed by atoms with E-state index < -0.39 is 35.4 Å². The molecule has 0 atom stereocenters. The van der Waals surface area contributed by atoms with Gasteiger partial charge in [-0.25, -0.2) is 4.79 Å². The van der Waals surface area contributed by atoms with Gasteiger partial charge in [0.05, 0.1) is 16.5 Å². The molecular weight excluding hydrogens is 525 g/mol. The van der Waals surface area contributed by atoms with E-state index in [1.807, 2.05) is 31.2 Å². The van der Waals surface area contributed by atoms with Crippen LogP contribution in [-0.4, -0.2) is 20.9 Å². The number of benzene rings is 3. The van der Waals surface area contributed by atoms with E-state index in [9.17, 15) is 32.3 Å². The Morgan fingerprint density at radius 2 is 1.60 bits per heavy atom. The van der Waals surface area contributed by atoms with Gasteiger partial charge >= 0.3 is 11.9 Å². The number of alkyl halides is 3. The SMILES string of the molecule is Cc1ccc(CNC(=O)CCCn2c(=O)c3ccccc3n(CC(=O)Nc3cccc(C(F)(F)F)c3)c2=O)cc1. The summed E-state index contributed by atoms with van der Waals surface area (Å²) in [5, 5.41) is 5.38. The van der Waals surface area contributed by atoms with Crippen LogP contribution in [0.15, 0.2) is 82.4 Å². The quantitative estimate of drug-likeness (QED) is 0.325. The minimum absolute atomic E-state index is 0.0598. The smallest absolute Gasteiger partial charge is 0.352 e. The van der Waals surface area contributed by atoms with Crippen LogP contribution in [0.2, 0.25) is 0 Å². The van der Waals surface area contributed by atoms with Crippen molar-refractivity contribution < 1.29 is 22.8 Å². The summed E-state index contributed by atoms with van der Waals surface area (Å²) in [5.41, 5.74) is -0.0702. The molecule has 2 amide bonds. The Morgan fingerprint density at radius 3 is 2.33 bits per heavy atom. The van der Waals surface area contributed by atoms with E-state index in [1.54, 1.807) is 12.1 Å². The lowest BCUT2D eigenvalue weighted by Crippen LogP contribution is -2.42. The van der Waals surface area contributed by atoms with Crippen molar-refractivity contribution in [3.63, 3.8) is 0 Å². The first kappa shape index (κ1) is 28.3. The molecule has 0 radical (unpaired) electrons. The highest BCUT2D eigenvalue weighted by Gasteiger charge is 2.30. The average molecular weight is 553 g/mol. The molecule has 8 nitrogen and oxygen atoms in total. The number of anilines is 1. The molecule has 3 aromatic carbocycles. The number of nitrogens with zero attached hydrogens (tertiary/aromatic N) is 2. The number of rotatable bonds is 9. The maximum atomic E-state index is 13.3. The Balaban J connectivity index is 1.48. The lowest BCUT2D eigenvalue weighted by atomic mass is 10.1. The molecule has 0 aliphatic carbocycles. The van der Waals surface area contributed by atoms with E-state index in [1.165, 1.54) is 18.2 Å². The van der Waals surface area contributed by atoms with E-state index in [0.717, 1.165) is 38.5 Å². The first-order valence-electron chi connectivity index (χ1n) is 12.5. The molecule has 0 saturated carbocycles. The molecule has 0 bridgehead atoms. The monoisotopic (exact) mass is 552 g/mol. The molecule has 0 spiro atoms. The second kappa shape index (κ2) is 12.0. The molecule has 0 saturated heterocycles. The summed E-state index contributed by atoms with van der Waals surface area (Å²) in [6.45, 7) is 1.72. The number of carbonyl (C=O) groups is 2. The molecule has 2 N–H and O–H groups in total. The van der Waals surface area contributed by atoms with Crippen molar-refractivity contribution in [3.05, 3.63) is 110 Å². The third kappa shape index (κ3) is 6.85. The zero-order valence-electron chi connectivity index (χ0n) is 21.6. The second-order valence-electron chi connectivity index (χ2n) is 9.34. The second-order valence-corrected chi connectivity index (χ2v) is 9.34. The zero-order valence-corrected chi connectivity index (χ0v) is 21.6. The number of fused-ring (bicyclic) bond motifs is 1. The predicted molar refractivity (Wildman–Crippen MR) is 145 cm³/mol. The van der Waals surface area contributed by atoms with Crippen LogP contribution in [-0.2, 0) is 35.4 Å². The summed E-state index contributed by atoms with van der Waals surface area (Å²) >= 11 is 0. The fraction of sp³-hybridized carbons (Fsp3) is 0.241. The predicted octanol–water partition coefficient (Wildman–Crippen LogP) is 4.23. The van der Waals surface area contributed by atoms with Crippen molar-refractivity contribution in [1.29, 1.82) is 0 Å². The average Bonchev–Trinajstić information content (AvgIpc) is 2.92. The van der Waals surface area contributed by atoms with Crippen LogP contribution in [0, 0.1) is 6.92 Å². The molecule has 1 heterocycles. The maximum absolute atomic E-state index is 13.3. The van der Waals surface area contributed by atoms with Crippen LogP contribution >= 0.6 is 0 Å². The zero-order chi connectivity index (χ0) is 28.9. The van der Waals surface area contributed by atoms with Crippen molar-refractivity contribution in [3.8, 4) is 0 Å². The van der Waals surface area contributed by atoms with Gasteiger partial charge in [0.15, 0.2) is 0 Å². The van der Waals surface area contributed by atoms with Crippen molar-refractivity contribution in [2.75, 3.05) is 5.32 Å². The lowest BCUT2D eigenvalue weighted by molar-refractivity contribution is -0.137. The van der Waals surface area contributed by atoms with E-state index in [4.69, 9.17) is 0 Å². The van der Waals surface area contributed by atoms with Gasteiger partial charge in [0.2, 0.25) is 11.8 Å². The van der Waals surface area contributed by atoms with Crippen LogP contribution in [0.25, 0.3) is 10.9 Å². The molecule has 4 aromatic rings. The summed E-state index contributed by atoms with van der Waals surface area (Å²) in [5.74, 6) is -0.984. The third-order valence-electron chi connectivity index (χ3n) is 6.30. The molecule has 0 aliphatic heterocycles. The van der Waals surface area contributed by atoms with E-state index in [0.29, 0.717) is 6.54 Å². The molecule has 11 heteroatoms. The Morgan fingerprint density at radius 1 is 0.875 bits per heavy atom. The van der Waals surface area contributed by atoms with Crippen LogP contribution in [0.1, 0.15) is 29.5 Å². The number of hydrogen-bond acceptors (Lipinski definition) is 4. The summed E-state index contributed by atoms with van der Waals surface area (Å²) in [7, 11) is 0. The number of halogens is 3. The largest absolute Gasteiger partial charge is 0.416 e. The van der Waals surface area contributed by atoms with E-state index in [-0.39, 0.29) is 41.9 Å². The Kier molecular flexibility index (Phi) is 8.52. The molecule has 208 valence electrons. The number of para-hydroxylation sites is 1. The van der Waals surface area contributed by atoms with Crippen LogP contribution in [0.4, 0.5) is 18.9 Å². The third-order valence-corrected chi connectivity index (χ3v) is 6.30. The van der Waals surface area contributed by atoms with Gasteiger partial charge in [-0.05, 0) is 49.2 Å². The molecule has 0 fully saturated rings. The first-order chi connectivity index (χ1) is 19.0. The van der Waals surface area contributed by atoms with Crippen LogP contribution in [0.3, 0.4) is 0 Å². The number of aromatic nitrogens is 2. The lowest BCUT2D eigenvalue weighted by Gasteiger charge is -2.15. The summed E-state index contributed by atoms with van der Waals surface area (Å²) in [6, 6.07) is 18.1. The van der Waals surface area contributed by atoms with Gasteiger partial charge in [-0.3, -0.25) is 23.5 Å². The number of aryl methyl sites for hydroxylation is 1. The fourth-order valence-corrected chi connectivity index (χ4v) is 4.23. The molecular formula is C29H27F3N4O4. The van der Waals surface area contributed by atoms with E-state index >= 15 is 0 Å². The van der Waals surface area contributed by atoms with Gasteiger partial charge in [0, 0.05) is 25.2 Å². The minimum Gasteiger partial charge on any atom is -0.352 e. The van der Waals surface area contributed by atoms with Crippen LogP contribution < -0.4 is 21.9 Å². The highest BCUT2D eigenvalue weighted by molar-refractivity contribution is 5.91. The van der Waals surface area contributed by atoms with Crippen molar-refractivity contribution in [2.24, 2.45) is 0 Å². The number of carbonyl (C=O) groups excluding carboxylic acids is 2. The summed E-state index contributed by atoms with van der Waals surface area (Å²) in [4.78, 5) is 51.4. The molecule has 0 unspecified atom stereocenters. The molecule has 4 rings (SSSR count). The standard InChI is InChI=1S/C29H27F3N4O4/c1-19-11-13-20(14-12-19)17-33-25(37)10-5-15-35-27(39)23-8-2-3-9-24(23)36(28(35)40)18-26(38)34-22-7-4-6-21(16-22)29(30,31)32/h2-4,6-9,11-14,16H,5,10,15,17-18H2,1H3,(H,33,37)(H,34,38). The van der Waals surface area contributed by atoms with Crippen molar-refractivity contribution in [2.45, 2.75) is 45.6 Å². The minimum atomic E-state index is -4.58. The molecule has 40 heavy (non-hydrogen) atoms. The number of amides is 2. The summed E-state index contributed by atoms with van der Waals surface area (Å²) in [6.07, 6.45) is -4.31. The Hall–Kier alpha value is -4.67.